The van der Waals surface area contributed by atoms with Crippen molar-refractivity contribution in [1.29, 1.82) is 0 Å². The average Bonchev–Trinajstić information content (AvgIpc) is 3.55. The Hall–Kier alpha value is -3.96. The molecule has 1 saturated heterocycles. The summed E-state index contributed by atoms with van der Waals surface area (Å²) >= 11 is 0. The molecule has 0 radical (unpaired) electrons. The minimum absolute atomic E-state index is 0.242. The van der Waals surface area contributed by atoms with Gasteiger partial charge in [-0.15, -0.1) is 0 Å². The molecule has 1 aliphatic rings. The lowest BCUT2D eigenvalue weighted by atomic mass is 10.0. The van der Waals surface area contributed by atoms with Crippen molar-refractivity contribution in [3.63, 3.8) is 0 Å². The van der Waals surface area contributed by atoms with E-state index in [-0.39, 0.29) is 18.2 Å². The zero-order chi connectivity index (χ0) is 26.7. The van der Waals surface area contributed by atoms with Crippen molar-refractivity contribution in [2.75, 3.05) is 13.7 Å². The lowest BCUT2D eigenvalue weighted by Crippen LogP contribution is -2.51. The molecular formula is C25H27F3N6O3. The number of carbonyl (C=O) groups excluding carboxylic acids is 2. The van der Waals surface area contributed by atoms with Gasteiger partial charge < -0.3 is 19.9 Å². The molecule has 2 N–H and O–H groups in total. The molecule has 37 heavy (non-hydrogen) atoms. The van der Waals surface area contributed by atoms with Gasteiger partial charge >= 0.3 is 12.3 Å². The van der Waals surface area contributed by atoms with E-state index < -0.39 is 42.7 Å². The molecule has 1 fully saturated rings. The lowest BCUT2D eigenvalue weighted by Gasteiger charge is -2.30. The average molecular weight is 517 g/mol. The zero-order valence-electron chi connectivity index (χ0n) is 20.5. The predicted molar refractivity (Wildman–Crippen MR) is 128 cm³/mol. The van der Waals surface area contributed by atoms with Crippen LogP contribution in [0.1, 0.15) is 32.1 Å². The molecule has 3 atom stereocenters. The third-order valence-electron chi connectivity index (χ3n) is 6.37. The molecule has 3 aromatic rings. The summed E-state index contributed by atoms with van der Waals surface area (Å²) in [7, 11) is 1.15. The van der Waals surface area contributed by atoms with Gasteiger partial charge in [-0.05, 0) is 24.0 Å². The summed E-state index contributed by atoms with van der Waals surface area (Å²) in [4.78, 5) is 42.2. The van der Waals surface area contributed by atoms with Crippen LogP contribution in [0.3, 0.4) is 0 Å². The van der Waals surface area contributed by atoms with E-state index in [1.807, 2.05) is 24.3 Å². The van der Waals surface area contributed by atoms with E-state index in [9.17, 15) is 22.8 Å². The molecule has 0 saturated carbocycles. The molecule has 2 aromatic heterocycles. The van der Waals surface area contributed by atoms with Gasteiger partial charge in [-0.1, -0.05) is 38.1 Å². The quantitative estimate of drug-likeness (QED) is 0.503. The van der Waals surface area contributed by atoms with Gasteiger partial charge in [-0.25, -0.2) is 19.7 Å². The van der Waals surface area contributed by atoms with E-state index in [1.165, 1.54) is 6.20 Å². The molecule has 0 spiro atoms. The van der Waals surface area contributed by atoms with Crippen LogP contribution in [0.25, 0.3) is 22.6 Å². The second-order valence-corrected chi connectivity index (χ2v) is 9.17. The van der Waals surface area contributed by atoms with Crippen LogP contribution in [0, 0.1) is 11.8 Å². The first kappa shape index (κ1) is 26.1. The summed E-state index contributed by atoms with van der Waals surface area (Å²) in [5, 5.41) is 2.44. The number of hydrogen-bond donors (Lipinski definition) is 2. The number of alkyl halides is 3. The number of ether oxygens (including phenoxy) is 1. The summed E-state index contributed by atoms with van der Waals surface area (Å²) < 4.78 is 45.7. The van der Waals surface area contributed by atoms with Crippen LogP contribution in [0.4, 0.5) is 18.0 Å². The zero-order valence-corrected chi connectivity index (χ0v) is 20.5. The topological polar surface area (TPSA) is 113 Å². The minimum Gasteiger partial charge on any atom is -0.453 e. The molecular weight excluding hydrogens is 489 g/mol. The van der Waals surface area contributed by atoms with E-state index in [4.69, 9.17) is 0 Å². The van der Waals surface area contributed by atoms with Crippen molar-refractivity contribution in [2.24, 2.45) is 11.8 Å². The number of amides is 2. The highest BCUT2D eigenvalue weighted by Gasteiger charge is 2.51. The Morgan fingerprint density at radius 2 is 1.76 bits per heavy atom. The molecule has 0 bridgehead atoms. The van der Waals surface area contributed by atoms with Crippen LogP contribution in [0.2, 0.25) is 0 Å². The fourth-order valence-electron chi connectivity index (χ4n) is 4.35. The number of halogens is 3. The van der Waals surface area contributed by atoms with E-state index in [1.54, 1.807) is 32.3 Å². The molecule has 12 heteroatoms. The number of nitrogens with zero attached hydrogens (tertiary/aromatic N) is 4. The van der Waals surface area contributed by atoms with Gasteiger partial charge in [0.1, 0.15) is 11.9 Å². The number of nitrogens with one attached hydrogen (secondary N) is 2. The standard InChI is InChI=1S/C25H27F3N6O3/c1-14(2)20(33-24(36)37-3)23(35)34-13-17(25(26,27)28)11-19(34)22-31-12-18(32-22)15-5-7-16(8-6-15)21-29-9-4-10-30-21/h4-10,12,14,17,19-20H,11,13H2,1-3H3,(H,31,32)(H,33,36)/t17?,19?,20-/m0/s1. The second kappa shape index (κ2) is 10.6. The third kappa shape index (κ3) is 5.73. The second-order valence-electron chi connectivity index (χ2n) is 9.17. The molecule has 1 aliphatic heterocycles. The number of rotatable bonds is 6. The van der Waals surface area contributed by atoms with E-state index in [0.29, 0.717) is 11.5 Å². The van der Waals surface area contributed by atoms with Crippen molar-refractivity contribution in [3.05, 3.63) is 54.7 Å². The molecule has 0 aliphatic carbocycles. The maximum Gasteiger partial charge on any atom is 0.407 e. The van der Waals surface area contributed by atoms with Gasteiger partial charge in [0.05, 0.1) is 31.0 Å². The minimum atomic E-state index is -4.48. The molecule has 2 amide bonds. The van der Waals surface area contributed by atoms with Crippen LogP contribution in [0.5, 0.6) is 0 Å². The predicted octanol–water partition coefficient (Wildman–Crippen LogP) is 4.37. The Morgan fingerprint density at radius 3 is 2.35 bits per heavy atom. The molecule has 196 valence electrons. The monoisotopic (exact) mass is 516 g/mol. The van der Waals surface area contributed by atoms with Crippen LogP contribution < -0.4 is 5.32 Å². The summed E-state index contributed by atoms with van der Waals surface area (Å²) in [6, 6.07) is 7.06. The number of alkyl carbamates (subject to hydrolysis) is 1. The van der Waals surface area contributed by atoms with Crippen molar-refractivity contribution >= 4 is 12.0 Å². The SMILES string of the molecule is COC(=O)N[C@H](C(=O)N1CC(C(F)(F)F)CC1c1ncc(-c2ccc(-c3ncccn3)cc2)[nH]1)C(C)C. The number of imidazole rings is 1. The number of methoxy groups -OCH3 is 1. The number of aromatic amines is 1. The van der Waals surface area contributed by atoms with Crippen LogP contribution in [-0.2, 0) is 9.53 Å². The van der Waals surface area contributed by atoms with Gasteiger partial charge in [-0.3, -0.25) is 4.79 Å². The molecule has 3 heterocycles. The Labute approximate surface area is 211 Å². The van der Waals surface area contributed by atoms with E-state index >= 15 is 0 Å². The first-order chi connectivity index (χ1) is 17.6. The number of benzene rings is 1. The Kier molecular flexibility index (Phi) is 7.46. The number of carbonyl (C=O) groups is 2. The summed E-state index contributed by atoms with van der Waals surface area (Å²) in [6.07, 6.45) is -0.842. The number of hydrogen-bond acceptors (Lipinski definition) is 6. The molecule has 4 rings (SSSR count). The Morgan fingerprint density at radius 1 is 1.11 bits per heavy atom. The highest BCUT2D eigenvalue weighted by Crippen LogP contribution is 2.43. The maximum absolute atomic E-state index is 13.7. The first-order valence-corrected chi connectivity index (χ1v) is 11.7. The van der Waals surface area contributed by atoms with Gasteiger partial charge in [0, 0.05) is 24.5 Å². The van der Waals surface area contributed by atoms with E-state index in [0.717, 1.165) is 23.1 Å². The highest BCUT2D eigenvalue weighted by atomic mass is 19.4. The fraction of sp³-hybridized carbons (Fsp3) is 0.400. The fourth-order valence-corrected chi connectivity index (χ4v) is 4.35. The first-order valence-electron chi connectivity index (χ1n) is 11.7. The Bertz CT molecular complexity index is 1230. The van der Waals surface area contributed by atoms with Crippen molar-refractivity contribution in [2.45, 2.75) is 38.5 Å². The van der Waals surface area contributed by atoms with Crippen molar-refractivity contribution in [1.82, 2.24) is 30.2 Å². The summed E-state index contributed by atoms with van der Waals surface area (Å²) in [6.45, 7) is 2.86. The number of likely N-dealkylation sites (tertiary alicyclic amines) is 1. The summed E-state index contributed by atoms with van der Waals surface area (Å²) in [5.41, 5.74) is 2.16. The number of aromatic nitrogens is 4. The van der Waals surface area contributed by atoms with Gasteiger partial charge in [0.2, 0.25) is 5.91 Å². The third-order valence-corrected chi connectivity index (χ3v) is 6.37. The van der Waals surface area contributed by atoms with Gasteiger partial charge in [0.15, 0.2) is 5.82 Å². The van der Waals surface area contributed by atoms with Gasteiger partial charge in [0.25, 0.3) is 0 Å². The van der Waals surface area contributed by atoms with Crippen molar-refractivity contribution in [3.8, 4) is 22.6 Å². The Balaban J connectivity index is 1.60. The maximum atomic E-state index is 13.7. The molecule has 2 unspecified atom stereocenters. The molecule has 1 aromatic carbocycles. The normalized spacial score (nSPS) is 18.6. The van der Waals surface area contributed by atoms with Crippen LogP contribution in [0.15, 0.2) is 48.9 Å². The van der Waals surface area contributed by atoms with Gasteiger partial charge in [-0.2, -0.15) is 13.2 Å². The number of H-pyrrole nitrogens is 1. The van der Waals surface area contributed by atoms with Crippen LogP contribution >= 0.6 is 0 Å². The van der Waals surface area contributed by atoms with E-state index in [2.05, 4.69) is 30.0 Å². The molecule has 9 nitrogen and oxygen atoms in total. The smallest absolute Gasteiger partial charge is 0.407 e. The summed E-state index contributed by atoms with van der Waals surface area (Å²) in [5.74, 6) is -1.91. The van der Waals surface area contributed by atoms with Crippen molar-refractivity contribution < 1.29 is 27.5 Å². The largest absolute Gasteiger partial charge is 0.453 e. The lowest BCUT2D eigenvalue weighted by molar-refractivity contribution is -0.171. The van der Waals surface area contributed by atoms with Crippen LogP contribution in [-0.4, -0.2) is 62.7 Å². The highest BCUT2D eigenvalue weighted by molar-refractivity contribution is 5.86.